The van der Waals surface area contributed by atoms with Gasteiger partial charge in [0.05, 0.1) is 17.1 Å². The standard InChI is InChI=1S/C64H51N3/c1-46-20-19-31-61-63(46)60-41-38-50(42-62(60)64(61,2)3)49-34-32-47(33-35-49)48-36-39-56(40-37-48)67(55-29-17-8-18-30-55)59-44-57(65(51-21-9-4-10-22-51)52-23-11-5-12-24-52)43-58(45-59)66(53-25-13-6-14-26-53)54-27-15-7-16-28-54/h4-45H,1-3H3. The first-order valence-electron chi connectivity index (χ1n) is 23.2. The highest BCUT2D eigenvalue weighted by Gasteiger charge is 2.36. The van der Waals surface area contributed by atoms with Crippen LogP contribution in [0.5, 0.6) is 0 Å². The Balaban J connectivity index is 1.00. The Labute approximate surface area is 395 Å². The molecule has 0 aromatic heterocycles. The molecule has 0 unspecified atom stereocenters. The van der Waals surface area contributed by atoms with E-state index in [-0.39, 0.29) is 5.41 Å². The van der Waals surface area contributed by atoms with Crippen LogP contribution in [0.1, 0.15) is 30.5 Å². The number of benzene rings is 10. The van der Waals surface area contributed by atoms with E-state index in [1.165, 1.54) is 44.5 Å². The van der Waals surface area contributed by atoms with Gasteiger partial charge < -0.3 is 14.7 Å². The molecule has 322 valence electrons. The number of hydrogen-bond acceptors (Lipinski definition) is 3. The van der Waals surface area contributed by atoms with Crippen LogP contribution < -0.4 is 14.7 Å². The molecule has 0 atom stereocenters. The van der Waals surface area contributed by atoms with Gasteiger partial charge >= 0.3 is 0 Å². The lowest BCUT2D eigenvalue weighted by atomic mass is 9.81. The fraction of sp³-hybridized carbons (Fsp3) is 0.0625. The third-order valence-electron chi connectivity index (χ3n) is 13.3. The highest BCUT2D eigenvalue weighted by atomic mass is 15.2. The van der Waals surface area contributed by atoms with Gasteiger partial charge in [0.15, 0.2) is 0 Å². The van der Waals surface area contributed by atoms with Crippen molar-refractivity contribution in [3.05, 3.63) is 271 Å². The van der Waals surface area contributed by atoms with Crippen molar-refractivity contribution in [2.75, 3.05) is 14.7 Å². The molecule has 0 radical (unpaired) electrons. The molecular formula is C64H51N3. The summed E-state index contributed by atoms with van der Waals surface area (Å²) in [6.07, 6.45) is 0. The quantitative estimate of drug-likeness (QED) is 0.128. The highest BCUT2D eigenvalue weighted by Crippen LogP contribution is 2.51. The first-order valence-corrected chi connectivity index (χ1v) is 23.2. The molecule has 0 saturated carbocycles. The summed E-state index contributed by atoms with van der Waals surface area (Å²) in [5.41, 5.74) is 21.2. The van der Waals surface area contributed by atoms with Crippen LogP contribution in [0.3, 0.4) is 0 Å². The summed E-state index contributed by atoms with van der Waals surface area (Å²) in [6.45, 7) is 6.95. The van der Waals surface area contributed by atoms with Crippen LogP contribution in [-0.4, -0.2) is 0 Å². The van der Waals surface area contributed by atoms with Crippen molar-refractivity contribution in [3.8, 4) is 33.4 Å². The zero-order valence-electron chi connectivity index (χ0n) is 38.1. The maximum Gasteiger partial charge on any atom is 0.0503 e. The van der Waals surface area contributed by atoms with Crippen molar-refractivity contribution < 1.29 is 0 Å². The normalized spacial score (nSPS) is 12.2. The van der Waals surface area contributed by atoms with E-state index in [9.17, 15) is 0 Å². The number of hydrogen-bond donors (Lipinski definition) is 0. The van der Waals surface area contributed by atoms with Crippen LogP contribution in [-0.2, 0) is 5.41 Å². The first kappa shape index (κ1) is 41.3. The third kappa shape index (κ3) is 7.85. The molecule has 0 heterocycles. The molecule has 0 aliphatic heterocycles. The molecule has 1 aliphatic rings. The Kier molecular flexibility index (Phi) is 10.8. The van der Waals surface area contributed by atoms with Gasteiger partial charge in [-0.1, -0.05) is 172 Å². The lowest BCUT2D eigenvalue weighted by Crippen LogP contribution is -2.16. The fourth-order valence-electron chi connectivity index (χ4n) is 10.0. The molecule has 0 saturated heterocycles. The van der Waals surface area contributed by atoms with E-state index < -0.39 is 0 Å². The number of fused-ring (bicyclic) bond motifs is 3. The van der Waals surface area contributed by atoms with E-state index >= 15 is 0 Å². The van der Waals surface area contributed by atoms with Gasteiger partial charge in [0.25, 0.3) is 0 Å². The molecule has 10 aromatic carbocycles. The van der Waals surface area contributed by atoms with Crippen LogP contribution in [0.25, 0.3) is 33.4 Å². The molecule has 0 fully saturated rings. The van der Waals surface area contributed by atoms with E-state index in [1.54, 1.807) is 0 Å². The molecule has 11 rings (SSSR count). The predicted molar refractivity (Wildman–Crippen MR) is 284 cm³/mol. The monoisotopic (exact) mass is 861 g/mol. The summed E-state index contributed by atoms with van der Waals surface area (Å²) < 4.78 is 0. The van der Waals surface area contributed by atoms with E-state index in [2.05, 4.69) is 290 Å². The van der Waals surface area contributed by atoms with Gasteiger partial charge in [0, 0.05) is 39.5 Å². The molecule has 67 heavy (non-hydrogen) atoms. The van der Waals surface area contributed by atoms with Crippen LogP contribution in [0, 0.1) is 6.92 Å². The Hall–Kier alpha value is -8.40. The Bertz CT molecular complexity index is 3110. The van der Waals surface area contributed by atoms with Crippen LogP contribution in [0.15, 0.2) is 255 Å². The van der Waals surface area contributed by atoms with Crippen molar-refractivity contribution >= 4 is 51.2 Å². The minimum Gasteiger partial charge on any atom is -0.310 e. The van der Waals surface area contributed by atoms with Crippen LogP contribution >= 0.6 is 0 Å². The molecular weight excluding hydrogens is 811 g/mol. The topological polar surface area (TPSA) is 9.72 Å². The minimum absolute atomic E-state index is 0.0444. The van der Waals surface area contributed by atoms with Crippen molar-refractivity contribution in [1.82, 2.24) is 0 Å². The molecule has 0 spiro atoms. The van der Waals surface area contributed by atoms with Crippen molar-refractivity contribution in [2.24, 2.45) is 0 Å². The van der Waals surface area contributed by atoms with Gasteiger partial charge in [-0.15, -0.1) is 0 Å². The molecule has 0 amide bonds. The van der Waals surface area contributed by atoms with Gasteiger partial charge in [0.2, 0.25) is 0 Å². The molecule has 0 N–H and O–H groups in total. The summed E-state index contributed by atoms with van der Waals surface area (Å²) in [4.78, 5) is 7.07. The average molecular weight is 862 g/mol. The van der Waals surface area contributed by atoms with Crippen molar-refractivity contribution in [2.45, 2.75) is 26.2 Å². The van der Waals surface area contributed by atoms with Crippen LogP contribution in [0.2, 0.25) is 0 Å². The molecule has 3 heteroatoms. The third-order valence-corrected chi connectivity index (χ3v) is 13.3. The van der Waals surface area contributed by atoms with E-state index in [1.807, 2.05) is 0 Å². The van der Waals surface area contributed by atoms with Crippen molar-refractivity contribution in [1.29, 1.82) is 0 Å². The van der Waals surface area contributed by atoms with E-state index in [4.69, 9.17) is 0 Å². The summed E-state index contributed by atoms with van der Waals surface area (Å²) in [5, 5.41) is 0. The van der Waals surface area contributed by atoms with E-state index in [0.29, 0.717) is 0 Å². The molecule has 0 bridgehead atoms. The van der Waals surface area contributed by atoms with E-state index in [0.717, 1.165) is 56.7 Å². The summed E-state index contributed by atoms with van der Waals surface area (Å²) in [7, 11) is 0. The number of anilines is 9. The number of aryl methyl sites for hydroxylation is 1. The molecule has 1 aliphatic carbocycles. The highest BCUT2D eigenvalue weighted by molar-refractivity contribution is 5.90. The van der Waals surface area contributed by atoms with Crippen LogP contribution in [0.4, 0.5) is 51.2 Å². The largest absolute Gasteiger partial charge is 0.310 e. The first-order chi connectivity index (χ1) is 32.9. The summed E-state index contributed by atoms with van der Waals surface area (Å²) >= 11 is 0. The predicted octanol–water partition coefficient (Wildman–Crippen LogP) is 18.0. The molecule has 3 nitrogen and oxygen atoms in total. The van der Waals surface area contributed by atoms with Gasteiger partial charge in [-0.2, -0.15) is 0 Å². The number of rotatable bonds is 11. The average Bonchev–Trinajstić information content (AvgIpc) is 3.62. The Morgan fingerprint density at radius 1 is 0.269 bits per heavy atom. The number of para-hydroxylation sites is 5. The number of nitrogens with zero attached hydrogens (tertiary/aromatic N) is 3. The summed E-state index contributed by atoms with van der Waals surface area (Å²) in [6, 6.07) is 92.0. The SMILES string of the molecule is Cc1cccc2c1-c1ccc(-c3ccc(-c4ccc(N(c5ccccc5)c5cc(N(c6ccccc6)c6ccccc6)cc(N(c6ccccc6)c6ccccc6)c5)cc4)cc3)cc1C2(C)C. The Morgan fingerprint density at radius 3 is 0.985 bits per heavy atom. The second kappa shape index (κ2) is 17.5. The second-order valence-corrected chi connectivity index (χ2v) is 17.9. The minimum atomic E-state index is -0.0444. The van der Waals surface area contributed by atoms with Gasteiger partial charge in [0.1, 0.15) is 0 Å². The zero-order valence-corrected chi connectivity index (χ0v) is 38.1. The smallest absolute Gasteiger partial charge is 0.0503 e. The second-order valence-electron chi connectivity index (χ2n) is 17.9. The molecule has 10 aromatic rings. The van der Waals surface area contributed by atoms with Gasteiger partial charge in [-0.05, 0) is 154 Å². The lowest BCUT2D eigenvalue weighted by Gasteiger charge is -2.33. The maximum absolute atomic E-state index is 2.41. The Morgan fingerprint density at radius 2 is 0.597 bits per heavy atom. The van der Waals surface area contributed by atoms with Crippen molar-refractivity contribution in [3.63, 3.8) is 0 Å². The van der Waals surface area contributed by atoms with Gasteiger partial charge in [-0.25, -0.2) is 0 Å². The summed E-state index contributed by atoms with van der Waals surface area (Å²) in [5.74, 6) is 0. The van der Waals surface area contributed by atoms with Gasteiger partial charge in [-0.3, -0.25) is 0 Å². The fourth-order valence-corrected chi connectivity index (χ4v) is 10.0. The zero-order chi connectivity index (χ0) is 45.3. The maximum atomic E-state index is 2.41. The lowest BCUT2D eigenvalue weighted by molar-refractivity contribution is 0.660.